The van der Waals surface area contributed by atoms with Gasteiger partial charge in [0.1, 0.15) is 0 Å². The molecule has 0 bridgehead atoms. The number of methoxy groups -OCH3 is 1. The van der Waals surface area contributed by atoms with Crippen molar-refractivity contribution in [3.05, 3.63) is 58.0 Å². The fraction of sp³-hybridized carbons (Fsp3) is 0.214. The van der Waals surface area contributed by atoms with E-state index in [1.807, 2.05) is 24.3 Å². The summed E-state index contributed by atoms with van der Waals surface area (Å²) in [5, 5.41) is 2.84. The van der Waals surface area contributed by atoms with Gasteiger partial charge in [0.2, 0.25) is 0 Å². The third-order valence-electron chi connectivity index (χ3n) is 2.62. The molecule has 1 N–H and O–H groups in total. The Morgan fingerprint density at radius 2 is 2.16 bits per heavy atom. The summed E-state index contributed by atoms with van der Waals surface area (Å²) < 4.78 is 10.5. The predicted molar refractivity (Wildman–Crippen MR) is 74.7 cm³/mol. The van der Waals surface area contributed by atoms with Crippen LogP contribution in [0.2, 0.25) is 0 Å². The Balaban J connectivity index is 1.97. The zero-order valence-electron chi connectivity index (χ0n) is 10.5. The zero-order valence-corrected chi connectivity index (χ0v) is 12.1. The normalized spacial score (nSPS) is 10.4. The van der Waals surface area contributed by atoms with Crippen molar-refractivity contribution in [2.75, 3.05) is 7.11 Å². The van der Waals surface area contributed by atoms with Crippen molar-refractivity contribution in [1.82, 2.24) is 5.32 Å². The first-order valence-corrected chi connectivity index (χ1v) is 6.58. The smallest absolute Gasteiger partial charge is 0.256 e. The Morgan fingerprint density at radius 3 is 2.84 bits per heavy atom. The van der Waals surface area contributed by atoms with Crippen molar-refractivity contribution >= 4 is 21.8 Å². The lowest BCUT2D eigenvalue weighted by molar-refractivity contribution is 0.0949. The lowest BCUT2D eigenvalue weighted by atomic mass is 10.1. The average Bonchev–Trinajstić information content (AvgIpc) is 2.83. The van der Waals surface area contributed by atoms with Crippen molar-refractivity contribution in [1.29, 1.82) is 0 Å². The summed E-state index contributed by atoms with van der Waals surface area (Å²) in [4.78, 5) is 11.9. The minimum absolute atomic E-state index is 0.169. The van der Waals surface area contributed by atoms with Crippen molar-refractivity contribution in [3.8, 4) is 0 Å². The van der Waals surface area contributed by atoms with Crippen LogP contribution >= 0.6 is 15.9 Å². The first-order valence-electron chi connectivity index (χ1n) is 5.78. The molecule has 0 aliphatic carbocycles. The van der Waals surface area contributed by atoms with Crippen molar-refractivity contribution < 1.29 is 13.9 Å². The van der Waals surface area contributed by atoms with Crippen molar-refractivity contribution in [3.63, 3.8) is 0 Å². The number of nitrogens with one attached hydrogen (secondary N) is 1. The molecule has 100 valence electrons. The molecular weight excluding hydrogens is 310 g/mol. The molecule has 0 unspecified atom stereocenters. The highest BCUT2D eigenvalue weighted by atomic mass is 79.9. The monoisotopic (exact) mass is 323 g/mol. The highest BCUT2D eigenvalue weighted by Crippen LogP contribution is 2.17. The van der Waals surface area contributed by atoms with Crippen LogP contribution in [0.25, 0.3) is 0 Å². The summed E-state index contributed by atoms with van der Waals surface area (Å²) in [7, 11) is 1.66. The van der Waals surface area contributed by atoms with Gasteiger partial charge in [-0.25, -0.2) is 0 Å². The van der Waals surface area contributed by atoms with Gasteiger partial charge in [-0.2, -0.15) is 0 Å². The van der Waals surface area contributed by atoms with E-state index in [1.165, 1.54) is 6.26 Å². The van der Waals surface area contributed by atoms with Gasteiger partial charge in [-0.1, -0.05) is 24.3 Å². The van der Waals surface area contributed by atoms with Crippen LogP contribution in [0.3, 0.4) is 0 Å². The molecule has 0 fully saturated rings. The Kier molecular flexibility index (Phi) is 4.76. The number of hydrogen-bond acceptors (Lipinski definition) is 3. The van der Waals surface area contributed by atoms with Gasteiger partial charge < -0.3 is 14.5 Å². The maximum atomic E-state index is 11.9. The molecule has 5 heteroatoms. The molecule has 1 heterocycles. The van der Waals surface area contributed by atoms with Gasteiger partial charge in [-0.15, -0.1) is 0 Å². The Labute approximate surface area is 119 Å². The second-order valence-corrected chi connectivity index (χ2v) is 4.76. The van der Waals surface area contributed by atoms with E-state index in [4.69, 9.17) is 9.15 Å². The van der Waals surface area contributed by atoms with E-state index in [9.17, 15) is 4.79 Å². The molecule has 2 aromatic rings. The van der Waals surface area contributed by atoms with Crippen LogP contribution in [-0.2, 0) is 17.9 Å². The molecule has 0 radical (unpaired) electrons. The van der Waals surface area contributed by atoms with Crippen molar-refractivity contribution in [2.24, 2.45) is 0 Å². The predicted octanol–water partition coefficient (Wildman–Crippen LogP) is 3.12. The van der Waals surface area contributed by atoms with Gasteiger partial charge in [0.25, 0.3) is 5.91 Å². The molecule has 1 aromatic carbocycles. The SMILES string of the molecule is COCc1cccc(CNC(=O)c2ccoc2Br)c1. The summed E-state index contributed by atoms with van der Waals surface area (Å²) >= 11 is 3.18. The first kappa shape index (κ1) is 13.8. The fourth-order valence-electron chi connectivity index (χ4n) is 1.73. The third kappa shape index (κ3) is 3.68. The number of amides is 1. The number of furan rings is 1. The van der Waals surface area contributed by atoms with E-state index in [2.05, 4.69) is 21.2 Å². The number of ether oxygens (including phenoxy) is 1. The molecular formula is C14H14BrNO3. The molecule has 19 heavy (non-hydrogen) atoms. The number of carbonyl (C=O) groups is 1. The van der Waals surface area contributed by atoms with Gasteiger partial charge >= 0.3 is 0 Å². The van der Waals surface area contributed by atoms with Crippen LogP contribution in [0.1, 0.15) is 21.5 Å². The fourth-order valence-corrected chi connectivity index (χ4v) is 2.15. The Morgan fingerprint density at radius 1 is 1.37 bits per heavy atom. The Bertz CT molecular complexity index is 565. The van der Waals surface area contributed by atoms with E-state index in [1.54, 1.807) is 13.2 Å². The molecule has 0 aliphatic rings. The van der Waals surface area contributed by atoms with Gasteiger partial charge in [-0.3, -0.25) is 4.79 Å². The highest BCUT2D eigenvalue weighted by molar-refractivity contribution is 9.10. The van der Waals surface area contributed by atoms with E-state index >= 15 is 0 Å². The number of carbonyl (C=O) groups excluding carboxylic acids is 1. The summed E-state index contributed by atoms with van der Waals surface area (Å²) in [6.07, 6.45) is 1.47. The van der Waals surface area contributed by atoms with Gasteiger partial charge in [0.05, 0.1) is 18.4 Å². The minimum Gasteiger partial charge on any atom is -0.457 e. The van der Waals surface area contributed by atoms with Crippen LogP contribution in [-0.4, -0.2) is 13.0 Å². The van der Waals surface area contributed by atoms with E-state index < -0.39 is 0 Å². The van der Waals surface area contributed by atoms with Crippen LogP contribution in [0.4, 0.5) is 0 Å². The van der Waals surface area contributed by atoms with E-state index in [0.717, 1.165) is 11.1 Å². The van der Waals surface area contributed by atoms with Crippen LogP contribution < -0.4 is 5.32 Å². The molecule has 0 saturated carbocycles. The molecule has 0 saturated heterocycles. The lowest BCUT2D eigenvalue weighted by Gasteiger charge is -2.06. The summed E-state index contributed by atoms with van der Waals surface area (Å²) in [5.41, 5.74) is 2.61. The number of hydrogen-bond donors (Lipinski definition) is 1. The third-order valence-corrected chi connectivity index (χ3v) is 3.23. The summed E-state index contributed by atoms with van der Waals surface area (Å²) in [5.74, 6) is -0.169. The maximum absolute atomic E-state index is 11.9. The number of benzene rings is 1. The number of rotatable bonds is 5. The molecule has 1 aromatic heterocycles. The molecule has 0 spiro atoms. The second-order valence-electron chi connectivity index (χ2n) is 4.04. The van der Waals surface area contributed by atoms with Crippen LogP contribution in [0, 0.1) is 0 Å². The quantitative estimate of drug-likeness (QED) is 0.919. The molecule has 1 amide bonds. The molecule has 2 rings (SSSR count). The molecule has 0 atom stereocenters. The molecule has 4 nitrogen and oxygen atoms in total. The lowest BCUT2D eigenvalue weighted by Crippen LogP contribution is -2.22. The van der Waals surface area contributed by atoms with E-state index in [0.29, 0.717) is 23.4 Å². The summed E-state index contributed by atoms with van der Waals surface area (Å²) in [6.45, 7) is 1.03. The largest absolute Gasteiger partial charge is 0.457 e. The van der Waals surface area contributed by atoms with E-state index in [-0.39, 0.29) is 5.91 Å². The summed E-state index contributed by atoms with van der Waals surface area (Å²) in [6, 6.07) is 9.53. The van der Waals surface area contributed by atoms with Crippen LogP contribution in [0.15, 0.2) is 45.7 Å². The topological polar surface area (TPSA) is 51.5 Å². The molecule has 0 aliphatic heterocycles. The minimum atomic E-state index is -0.169. The van der Waals surface area contributed by atoms with Gasteiger partial charge in [-0.05, 0) is 33.1 Å². The van der Waals surface area contributed by atoms with Gasteiger partial charge in [0, 0.05) is 13.7 Å². The van der Waals surface area contributed by atoms with Crippen LogP contribution in [0.5, 0.6) is 0 Å². The highest BCUT2D eigenvalue weighted by Gasteiger charge is 2.11. The number of halogens is 1. The van der Waals surface area contributed by atoms with Crippen molar-refractivity contribution in [2.45, 2.75) is 13.2 Å². The first-order chi connectivity index (χ1) is 9.20. The zero-order chi connectivity index (χ0) is 13.7. The standard InChI is InChI=1S/C14H14BrNO3/c1-18-9-11-4-2-3-10(7-11)8-16-14(17)12-5-6-19-13(12)15/h2-7H,8-9H2,1H3,(H,16,17). The Hall–Kier alpha value is -1.59. The second kappa shape index (κ2) is 6.54. The maximum Gasteiger partial charge on any atom is 0.256 e. The average molecular weight is 324 g/mol. The van der Waals surface area contributed by atoms with Gasteiger partial charge in [0.15, 0.2) is 4.67 Å².